The Balaban J connectivity index is 2.08. The Morgan fingerprint density at radius 3 is 2.41 bits per heavy atom. The number of aromatic nitrogens is 2. The van der Waals surface area contributed by atoms with Gasteiger partial charge in [0, 0.05) is 30.4 Å². The number of nitrogens with one attached hydrogen (secondary N) is 1. The number of ether oxygens (including phenoxy) is 1. The smallest absolute Gasteiger partial charge is 0.226 e. The molecular weight excluding hydrogens is 276 g/mol. The fourth-order valence-electron chi connectivity index (χ4n) is 2.58. The number of rotatable bonds is 3. The van der Waals surface area contributed by atoms with Gasteiger partial charge in [-0.1, -0.05) is 29.8 Å². The number of anilines is 1. The summed E-state index contributed by atoms with van der Waals surface area (Å²) in [6, 6.07) is 8.23. The standard InChI is InChI=1S/C17H20N4O/c1-12-3-5-14(6-4-12)16-15(11-18)13(2)19-17(20-16)21-7-9-22-10-8-21/h3-6,11,18H,7-10H2,1-2H3. The van der Waals surface area contributed by atoms with Crippen LogP contribution in [0.15, 0.2) is 24.3 Å². The molecule has 1 aliphatic rings. The van der Waals surface area contributed by atoms with Gasteiger partial charge in [0.15, 0.2) is 0 Å². The third-order valence-electron chi connectivity index (χ3n) is 3.89. The maximum Gasteiger partial charge on any atom is 0.226 e. The van der Waals surface area contributed by atoms with Crippen molar-refractivity contribution in [2.75, 3.05) is 31.2 Å². The minimum absolute atomic E-state index is 0.703. The Hall–Kier alpha value is -2.27. The van der Waals surface area contributed by atoms with Crippen LogP contribution in [-0.2, 0) is 4.74 Å². The van der Waals surface area contributed by atoms with Gasteiger partial charge in [-0.25, -0.2) is 9.97 Å². The first-order valence-corrected chi connectivity index (χ1v) is 7.48. The monoisotopic (exact) mass is 296 g/mol. The average Bonchev–Trinajstić information content (AvgIpc) is 2.55. The molecule has 114 valence electrons. The molecule has 3 rings (SSSR count). The molecule has 0 aliphatic carbocycles. The van der Waals surface area contributed by atoms with E-state index in [0.29, 0.717) is 13.2 Å². The molecule has 22 heavy (non-hydrogen) atoms. The summed E-state index contributed by atoms with van der Waals surface area (Å²) in [5.74, 6) is 0.724. The van der Waals surface area contributed by atoms with Crippen molar-refractivity contribution in [3.05, 3.63) is 41.1 Å². The zero-order valence-corrected chi connectivity index (χ0v) is 13.0. The maximum absolute atomic E-state index is 7.69. The predicted molar refractivity (Wildman–Crippen MR) is 87.9 cm³/mol. The molecule has 0 amide bonds. The third kappa shape index (κ3) is 2.85. The fraction of sp³-hybridized carbons (Fsp3) is 0.353. The molecule has 0 spiro atoms. The van der Waals surface area contributed by atoms with E-state index < -0.39 is 0 Å². The van der Waals surface area contributed by atoms with Crippen LogP contribution >= 0.6 is 0 Å². The van der Waals surface area contributed by atoms with Crippen molar-refractivity contribution in [3.8, 4) is 11.3 Å². The van der Waals surface area contributed by atoms with E-state index in [2.05, 4.69) is 28.9 Å². The van der Waals surface area contributed by atoms with Crippen molar-refractivity contribution in [1.29, 1.82) is 5.41 Å². The minimum Gasteiger partial charge on any atom is -0.378 e. The van der Waals surface area contributed by atoms with Crippen LogP contribution in [-0.4, -0.2) is 42.5 Å². The van der Waals surface area contributed by atoms with Crippen molar-refractivity contribution >= 4 is 12.2 Å². The van der Waals surface area contributed by atoms with Crippen molar-refractivity contribution in [2.45, 2.75) is 13.8 Å². The molecule has 0 radical (unpaired) electrons. The Bertz CT molecular complexity index is 676. The average molecular weight is 296 g/mol. The van der Waals surface area contributed by atoms with Crippen LogP contribution in [0.1, 0.15) is 16.8 Å². The lowest BCUT2D eigenvalue weighted by Gasteiger charge is -2.27. The topological polar surface area (TPSA) is 62.1 Å². The normalized spacial score (nSPS) is 14.9. The highest BCUT2D eigenvalue weighted by molar-refractivity contribution is 5.88. The largest absolute Gasteiger partial charge is 0.378 e. The highest BCUT2D eigenvalue weighted by Gasteiger charge is 2.18. The van der Waals surface area contributed by atoms with Crippen LogP contribution in [0, 0.1) is 19.3 Å². The Morgan fingerprint density at radius 2 is 1.77 bits per heavy atom. The lowest BCUT2D eigenvalue weighted by atomic mass is 10.0. The van der Waals surface area contributed by atoms with Gasteiger partial charge in [-0.05, 0) is 13.8 Å². The van der Waals surface area contributed by atoms with Crippen LogP contribution in [0.2, 0.25) is 0 Å². The van der Waals surface area contributed by atoms with Crippen molar-refractivity contribution in [1.82, 2.24) is 9.97 Å². The van der Waals surface area contributed by atoms with E-state index in [1.54, 1.807) is 0 Å². The molecule has 5 nitrogen and oxygen atoms in total. The number of hydrogen-bond acceptors (Lipinski definition) is 5. The number of hydrogen-bond donors (Lipinski definition) is 1. The number of nitrogens with zero attached hydrogens (tertiary/aromatic N) is 3. The molecule has 0 atom stereocenters. The zero-order chi connectivity index (χ0) is 15.5. The van der Waals surface area contributed by atoms with E-state index in [0.717, 1.165) is 41.6 Å². The number of morpholine rings is 1. The van der Waals surface area contributed by atoms with Crippen LogP contribution < -0.4 is 4.90 Å². The highest BCUT2D eigenvalue weighted by Crippen LogP contribution is 2.25. The van der Waals surface area contributed by atoms with E-state index >= 15 is 0 Å². The van der Waals surface area contributed by atoms with E-state index in [4.69, 9.17) is 15.1 Å². The lowest BCUT2D eigenvalue weighted by molar-refractivity contribution is 0.122. The van der Waals surface area contributed by atoms with Crippen LogP contribution in [0.25, 0.3) is 11.3 Å². The van der Waals surface area contributed by atoms with E-state index in [1.807, 2.05) is 19.1 Å². The van der Waals surface area contributed by atoms with E-state index in [-0.39, 0.29) is 0 Å². The third-order valence-corrected chi connectivity index (χ3v) is 3.89. The number of aryl methyl sites for hydroxylation is 2. The van der Waals surface area contributed by atoms with Gasteiger partial charge in [0.05, 0.1) is 24.6 Å². The summed E-state index contributed by atoms with van der Waals surface area (Å²) in [6.07, 6.45) is 1.34. The van der Waals surface area contributed by atoms with Crippen LogP contribution in [0.5, 0.6) is 0 Å². The van der Waals surface area contributed by atoms with Gasteiger partial charge in [0.1, 0.15) is 0 Å². The lowest BCUT2D eigenvalue weighted by Crippen LogP contribution is -2.37. The summed E-state index contributed by atoms with van der Waals surface area (Å²) >= 11 is 0. The second kappa shape index (κ2) is 6.23. The molecule has 1 fully saturated rings. The Kier molecular flexibility index (Phi) is 4.15. The molecule has 5 heteroatoms. The molecule has 1 aromatic carbocycles. The zero-order valence-electron chi connectivity index (χ0n) is 13.0. The molecule has 2 aromatic rings. The molecule has 1 N–H and O–H groups in total. The molecule has 0 saturated carbocycles. The molecule has 0 unspecified atom stereocenters. The van der Waals surface area contributed by atoms with Crippen molar-refractivity contribution in [2.24, 2.45) is 0 Å². The van der Waals surface area contributed by atoms with Gasteiger partial charge in [-0.15, -0.1) is 0 Å². The summed E-state index contributed by atoms with van der Waals surface area (Å²) in [7, 11) is 0. The minimum atomic E-state index is 0.703. The van der Waals surface area contributed by atoms with Crippen LogP contribution in [0.3, 0.4) is 0 Å². The van der Waals surface area contributed by atoms with Crippen LogP contribution in [0.4, 0.5) is 5.95 Å². The van der Waals surface area contributed by atoms with Gasteiger partial charge in [0.25, 0.3) is 0 Å². The summed E-state index contributed by atoms with van der Waals surface area (Å²) in [5.41, 5.74) is 4.66. The second-order valence-corrected chi connectivity index (χ2v) is 5.48. The van der Waals surface area contributed by atoms with Gasteiger partial charge in [-0.3, -0.25) is 0 Å². The molecular formula is C17H20N4O. The second-order valence-electron chi connectivity index (χ2n) is 5.48. The number of benzene rings is 1. The highest BCUT2D eigenvalue weighted by atomic mass is 16.5. The maximum atomic E-state index is 7.69. The first-order valence-electron chi connectivity index (χ1n) is 7.48. The van der Waals surface area contributed by atoms with Crippen molar-refractivity contribution < 1.29 is 4.74 Å². The first-order chi connectivity index (χ1) is 10.7. The molecule has 1 saturated heterocycles. The summed E-state index contributed by atoms with van der Waals surface area (Å²) in [4.78, 5) is 11.5. The first kappa shape index (κ1) is 14.7. The van der Waals surface area contributed by atoms with E-state index in [1.165, 1.54) is 11.8 Å². The van der Waals surface area contributed by atoms with Crippen molar-refractivity contribution in [3.63, 3.8) is 0 Å². The fourth-order valence-corrected chi connectivity index (χ4v) is 2.58. The van der Waals surface area contributed by atoms with Gasteiger partial charge >= 0.3 is 0 Å². The summed E-state index contributed by atoms with van der Waals surface area (Å²) in [5, 5.41) is 7.69. The Labute approximate surface area is 130 Å². The predicted octanol–water partition coefficient (Wildman–Crippen LogP) is 2.59. The molecule has 1 aromatic heterocycles. The van der Waals surface area contributed by atoms with E-state index in [9.17, 15) is 0 Å². The molecule has 2 heterocycles. The summed E-state index contributed by atoms with van der Waals surface area (Å²) < 4.78 is 5.39. The molecule has 0 bridgehead atoms. The van der Waals surface area contributed by atoms with Gasteiger partial charge in [-0.2, -0.15) is 0 Å². The summed E-state index contributed by atoms with van der Waals surface area (Å²) in [6.45, 7) is 7.01. The van der Waals surface area contributed by atoms with Gasteiger partial charge < -0.3 is 15.0 Å². The van der Waals surface area contributed by atoms with Gasteiger partial charge in [0.2, 0.25) is 5.95 Å². The molecule has 1 aliphatic heterocycles. The Morgan fingerprint density at radius 1 is 1.09 bits per heavy atom. The quantitative estimate of drug-likeness (QED) is 0.884. The SMILES string of the molecule is Cc1ccc(-c2nc(N3CCOCC3)nc(C)c2C=N)cc1.